The Bertz CT molecular complexity index is 429. The van der Waals surface area contributed by atoms with Gasteiger partial charge >= 0.3 is 0 Å². The van der Waals surface area contributed by atoms with E-state index in [1.165, 1.54) is 19.3 Å². The van der Waals surface area contributed by atoms with Gasteiger partial charge in [-0.15, -0.1) is 0 Å². The third kappa shape index (κ3) is 3.87. The van der Waals surface area contributed by atoms with Crippen LogP contribution in [-0.2, 0) is 0 Å². The first-order valence-corrected chi connectivity index (χ1v) is 7.75. The molecule has 0 unspecified atom stereocenters. The van der Waals surface area contributed by atoms with Gasteiger partial charge in [0.05, 0.1) is 0 Å². The smallest absolute Gasteiger partial charge is 0.0426 e. The number of hydrogen-bond donors (Lipinski definition) is 1. The van der Waals surface area contributed by atoms with Crippen LogP contribution in [0.15, 0.2) is 24.3 Å². The molecule has 1 N–H and O–H groups in total. The fourth-order valence-electron chi connectivity index (χ4n) is 2.90. The van der Waals surface area contributed by atoms with Gasteiger partial charge in [0.1, 0.15) is 0 Å². The number of likely N-dealkylation sites (N-methyl/N-ethyl adjacent to an activating group) is 2. The van der Waals surface area contributed by atoms with Gasteiger partial charge in [0, 0.05) is 35.9 Å². The van der Waals surface area contributed by atoms with Crippen molar-refractivity contribution in [1.82, 2.24) is 9.80 Å². The fourth-order valence-corrected chi connectivity index (χ4v) is 3.09. The Morgan fingerprint density at radius 1 is 1.25 bits per heavy atom. The first kappa shape index (κ1) is 15.6. The molecule has 1 aromatic carbocycles. The highest BCUT2D eigenvalue weighted by atomic mass is 35.5. The van der Waals surface area contributed by atoms with Gasteiger partial charge in [0.15, 0.2) is 0 Å². The number of hydrogen-bond acceptors (Lipinski definition) is 3. The highest BCUT2D eigenvalue weighted by Crippen LogP contribution is 2.36. The van der Waals surface area contributed by atoms with Crippen LogP contribution in [-0.4, -0.2) is 56.1 Å². The first-order chi connectivity index (χ1) is 9.52. The molecule has 0 bridgehead atoms. The van der Waals surface area contributed by atoms with Crippen molar-refractivity contribution in [3.05, 3.63) is 29.3 Å². The summed E-state index contributed by atoms with van der Waals surface area (Å²) in [7, 11) is 6.62. The average Bonchev–Trinajstić information content (AvgIpc) is 2.33. The molecule has 1 aliphatic carbocycles. The summed E-state index contributed by atoms with van der Waals surface area (Å²) in [6.07, 6.45) is 4.02. The van der Waals surface area contributed by atoms with Crippen molar-refractivity contribution in [2.75, 3.05) is 46.1 Å². The van der Waals surface area contributed by atoms with E-state index in [0.29, 0.717) is 5.54 Å². The van der Waals surface area contributed by atoms with Gasteiger partial charge in [0.2, 0.25) is 0 Å². The molecule has 1 aliphatic rings. The van der Waals surface area contributed by atoms with Gasteiger partial charge in [-0.3, -0.25) is 0 Å². The summed E-state index contributed by atoms with van der Waals surface area (Å²) in [6.45, 7) is 3.14. The van der Waals surface area contributed by atoms with Gasteiger partial charge in [0.25, 0.3) is 0 Å². The second-order valence-electron chi connectivity index (χ2n) is 6.15. The third-order valence-electron chi connectivity index (χ3n) is 4.44. The largest absolute Gasteiger partial charge is 0.384 e. The zero-order valence-electron chi connectivity index (χ0n) is 12.8. The van der Waals surface area contributed by atoms with Gasteiger partial charge < -0.3 is 15.1 Å². The molecular weight excluding hydrogens is 270 g/mol. The molecule has 1 fully saturated rings. The van der Waals surface area contributed by atoms with Crippen LogP contribution >= 0.6 is 11.6 Å². The molecule has 0 spiro atoms. The molecule has 0 aromatic heterocycles. The summed E-state index contributed by atoms with van der Waals surface area (Å²) < 4.78 is 0. The van der Waals surface area contributed by atoms with Crippen molar-refractivity contribution < 1.29 is 0 Å². The van der Waals surface area contributed by atoms with Crippen LogP contribution in [0.3, 0.4) is 0 Å². The van der Waals surface area contributed by atoms with Crippen molar-refractivity contribution in [3.63, 3.8) is 0 Å². The molecular formula is C16H26ClN3. The average molecular weight is 296 g/mol. The molecule has 0 amide bonds. The van der Waals surface area contributed by atoms with Gasteiger partial charge in [-0.05, 0) is 58.6 Å². The van der Waals surface area contributed by atoms with Crippen molar-refractivity contribution in [2.45, 2.75) is 24.8 Å². The zero-order chi connectivity index (χ0) is 14.6. The third-order valence-corrected chi connectivity index (χ3v) is 4.68. The fraction of sp³-hybridized carbons (Fsp3) is 0.625. The standard InChI is InChI=1S/C16H26ClN3/c1-19(2)16(8-5-9-16)13-20(3)11-10-18-15-7-4-6-14(17)12-15/h4,6-7,12,18H,5,8-11,13H2,1-3H3. The Balaban J connectivity index is 1.74. The zero-order valence-corrected chi connectivity index (χ0v) is 13.6. The lowest BCUT2D eigenvalue weighted by Gasteiger charge is -2.49. The maximum absolute atomic E-state index is 5.98. The predicted octanol–water partition coefficient (Wildman–Crippen LogP) is 3.17. The summed E-state index contributed by atoms with van der Waals surface area (Å²) in [4.78, 5) is 4.83. The van der Waals surface area contributed by atoms with E-state index in [9.17, 15) is 0 Å². The number of nitrogens with zero attached hydrogens (tertiary/aromatic N) is 2. The van der Waals surface area contributed by atoms with E-state index in [-0.39, 0.29) is 0 Å². The Labute approximate surface area is 127 Å². The van der Waals surface area contributed by atoms with Crippen molar-refractivity contribution >= 4 is 17.3 Å². The van der Waals surface area contributed by atoms with Crippen molar-refractivity contribution in [1.29, 1.82) is 0 Å². The van der Waals surface area contributed by atoms with Crippen LogP contribution in [0.1, 0.15) is 19.3 Å². The second kappa shape index (κ2) is 6.79. The Morgan fingerprint density at radius 2 is 2.00 bits per heavy atom. The molecule has 4 heteroatoms. The van der Waals surface area contributed by atoms with E-state index in [1.807, 2.05) is 18.2 Å². The van der Waals surface area contributed by atoms with Gasteiger partial charge in [-0.1, -0.05) is 17.7 Å². The van der Waals surface area contributed by atoms with Crippen LogP contribution in [0.25, 0.3) is 0 Å². The lowest BCUT2D eigenvalue weighted by atomic mass is 9.75. The number of rotatable bonds is 7. The van der Waals surface area contributed by atoms with E-state index in [4.69, 9.17) is 11.6 Å². The SMILES string of the molecule is CN(CCNc1cccc(Cl)c1)CC1(N(C)C)CCC1. The Hall–Kier alpha value is -0.770. The van der Waals surface area contributed by atoms with Crippen molar-refractivity contribution in [3.8, 4) is 0 Å². The monoisotopic (exact) mass is 295 g/mol. The molecule has 20 heavy (non-hydrogen) atoms. The van der Waals surface area contributed by atoms with Crippen LogP contribution in [0.2, 0.25) is 5.02 Å². The molecule has 0 atom stereocenters. The summed E-state index contributed by atoms with van der Waals surface area (Å²) in [6, 6.07) is 7.90. The quantitative estimate of drug-likeness (QED) is 0.833. The number of nitrogens with one attached hydrogen (secondary N) is 1. The molecule has 2 rings (SSSR count). The van der Waals surface area contributed by atoms with E-state index in [1.54, 1.807) is 0 Å². The number of halogens is 1. The lowest BCUT2D eigenvalue weighted by Crippen LogP contribution is -2.57. The number of benzene rings is 1. The molecule has 0 saturated heterocycles. The Kier molecular flexibility index (Phi) is 5.30. The molecule has 0 radical (unpaired) electrons. The van der Waals surface area contributed by atoms with Crippen LogP contribution < -0.4 is 5.32 Å². The van der Waals surface area contributed by atoms with Gasteiger partial charge in [-0.25, -0.2) is 0 Å². The maximum atomic E-state index is 5.98. The minimum Gasteiger partial charge on any atom is -0.384 e. The lowest BCUT2D eigenvalue weighted by molar-refractivity contribution is 0.0289. The summed E-state index contributed by atoms with van der Waals surface area (Å²) in [5.41, 5.74) is 1.50. The van der Waals surface area contributed by atoms with Crippen LogP contribution in [0, 0.1) is 0 Å². The minimum absolute atomic E-state index is 0.408. The molecule has 0 heterocycles. The normalized spacial score (nSPS) is 17.3. The first-order valence-electron chi connectivity index (χ1n) is 7.37. The summed E-state index contributed by atoms with van der Waals surface area (Å²) >= 11 is 5.98. The van der Waals surface area contributed by atoms with Crippen LogP contribution in [0.5, 0.6) is 0 Å². The summed E-state index contributed by atoms with van der Waals surface area (Å²) in [5.74, 6) is 0. The molecule has 3 nitrogen and oxygen atoms in total. The summed E-state index contributed by atoms with van der Waals surface area (Å²) in [5, 5.41) is 4.21. The van der Waals surface area contributed by atoms with E-state index in [0.717, 1.165) is 30.3 Å². The number of anilines is 1. The topological polar surface area (TPSA) is 18.5 Å². The molecule has 1 aromatic rings. The highest BCUT2D eigenvalue weighted by Gasteiger charge is 2.39. The maximum Gasteiger partial charge on any atom is 0.0426 e. The van der Waals surface area contributed by atoms with Crippen molar-refractivity contribution in [2.24, 2.45) is 0 Å². The van der Waals surface area contributed by atoms with E-state index >= 15 is 0 Å². The molecule has 0 aliphatic heterocycles. The van der Waals surface area contributed by atoms with Gasteiger partial charge in [-0.2, -0.15) is 0 Å². The Morgan fingerprint density at radius 3 is 2.55 bits per heavy atom. The highest BCUT2D eigenvalue weighted by molar-refractivity contribution is 6.30. The predicted molar refractivity (Wildman–Crippen MR) is 87.7 cm³/mol. The van der Waals surface area contributed by atoms with Crippen LogP contribution in [0.4, 0.5) is 5.69 Å². The molecule has 112 valence electrons. The second-order valence-corrected chi connectivity index (χ2v) is 6.58. The van der Waals surface area contributed by atoms with E-state index < -0.39 is 0 Å². The minimum atomic E-state index is 0.408. The van der Waals surface area contributed by atoms with E-state index in [2.05, 4.69) is 42.3 Å². The molecule has 1 saturated carbocycles.